The van der Waals surface area contributed by atoms with Gasteiger partial charge in [-0.1, -0.05) is 11.6 Å². The summed E-state index contributed by atoms with van der Waals surface area (Å²) < 4.78 is 0. The fourth-order valence-corrected chi connectivity index (χ4v) is 1.53. The maximum atomic E-state index is 10.8. The molecule has 0 amide bonds. The molecule has 6 nitrogen and oxygen atoms in total. The lowest BCUT2D eigenvalue weighted by Gasteiger charge is -2.06. The summed E-state index contributed by atoms with van der Waals surface area (Å²) in [5.41, 5.74) is 0.272. The number of aromatic nitrogens is 4. The Morgan fingerprint density at radius 1 is 1.41 bits per heavy atom. The Morgan fingerprint density at radius 3 is 3.00 bits per heavy atom. The summed E-state index contributed by atoms with van der Waals surface area (Å²) >= 11 is 5.77. The molecule has 2 aromatic rings. The first-order valence-electron chi connectivity index (χ1n) is 4.99. The number of rotatable bonds is 5. The predicted molar refractivity (Wildman–Crippen MR) is 63.2 cm³/mol. The van der Waals surface area contributed by atoms with Gasteiger partial charge in [0.15, 0.2) is 6.29 Å². The van der Waals surface area contributed by atoms with Gasteiger partial charge in [0, 0.05) is 25.4 Å². The van der Waals surface area contributed by atoms with Crippen molar-refractivity contribution in [2.24, 2.45) is 0 Å². The summed E-state index contributed by atoms with van der Waals surface area (Å²) in [5.74, 6) is 1.30. The summed E-state index contributed by atoms with van der Waals surface area (Å²) in [7, 11) is 0. The molecular weight excluding hydrogens is 242 g/mol. The number of hydrogen-bond acceptors (Lipinski definition) is 5. The average molecular weight is 252 g/mol. The molecule has 2 N–H and O–H groups in total. The third kappa shape index (κ3) is 2.79. The fraction of sp³-hybridized carbons (Fsp3) is 0.200. The van der Waals surface area contributed by atoms with Gasteiger partial charge in [0.25, 0.3) is 0 Å². The molecule has 7 heteroatoms. The van der Waals surface area contributed by atoms with Crippen molar-refractivity contribution in [2.75, 3.05) is 11.9 Å². The predicted octanol–water partition coefficient (Wildman–Crippen LogP) is 1.32. The monoisotopic (exact) mass is 251 g/mol. The molecule has 2 heterocycles. The zero-order chi connectivity index (χ0) is 12.1. The molecule has 17 heavy (non-hydrogen) atoms. The van der Waals surface area contributed by atoms with Gasteiger partial charge in [-0.05, 0) is 0 Å². The summed E-state index contributed by atoms with van der Waals surface area (Å²) in [6.07, 6.45) is 6.09. The highest BCUT2D eigenvalue weighted by Gasteiger charge is 2.08. The zero-order valence-corrected chi connectivity index (χ0v) is 9.61. The Morgan fingerprint density at radius 2 is 2.29 bits per heavy atom. The smallest absolute Gasteiger partial charge is 0.156 e. The van der Waals surface area contributed by atoms with Gasteiger partial charge in [-0.25, -0.2) is 15.0 Å². The van der Waals surface area contributed by atoms with E-state index in [9.17, 15) is 4.79 Å². The van der Waals surface area contributed by atoms with Crippen LogP contribution in [-0.4, -0.2) is 32.8 Å². The number of carbonyl (C=O) groups is 1. The van der Waals surface area contributed by atoms with Gasteiger partial charge in [-0.15, -0.1) is 0 Å². The van der Waals surface area contributed by atoms with E-state index in [-0.39, 0.29) is 10.7 Å². The van der Waals surface area contributed by atoms with Crippen LogP contribution in [0.4, 0.5) is 5.82 Å². The number of H-pyrrole nitrogens is 1. The highest BCUT2D eigenvalue weighted by atomic mass is 35.5. The van der Waals surface area contributed by atoms with Gasteiger partial charge >= 0.3 is 0 Å². The Balaban J connectivity index is 1.99. The van der Waals surface area contributed by atoms with Gasteiger partial charge in [0.1, 0.15) is 23.1 Å². The summed E-state index contributed by atoms with van der Waals surface area (Å²) in [6.45, 7) is 0.599. The van der Waals surface area contributed by atoms with Crippen molar-refractivity contribution < 1.29 is 4.79 Å². The molecule has 0 bridgehead atoms. The number of carbonyl (C=O) groups excluding carboxylic acids is 1. The summed E-state index contributed by atoms with van der Waals surface area (Å²) in [6, 6.07) is 0. The highest BCUT2D eigenvalue weighted by molar-refractivity contribution is 6.32. The molecule has 0 fully saturated rings. The molecule has 2 rings (SSSR count). The molecule has 0 aliphatic rings. The van der Waals surface area contributed by atoms with Gasteiger partial charge < -0.3 is 10.3 Å². The van der Waals surface area contributed by atoms with E-state index in [0.29, 0.717) is 25.1 Å². The Labute approximate surface area is 102 Å². The normalized spacial score (nSPS) is 10.2. The van der Waals surface area contributed by atoms with Crippen molar-refractivity contribution >= 4 is 23.7 Å². The second-order valence-corrected chi connectivity index (χ2v) is 3.62. The minimum Gasteiger partial charge on any atom is -0.369 e. The largest absolute Gasteiger partial charge is 0.369 e. The van der Waals surface area contributed by atoms with Crippen molar-refractivity contribution in [1.82, 2.24) is 19.9 Å². The summed E-state index contributed by atoms with van der Waals surface area (Å²) in [5, 5.41) is 3.17. The molecule has 0 aliphatic carbocycles. The molecule has 0 saturated carbocycles. The highest BCUT2D eigenvalue weighted by Crippen LogP contribution is 2.16. The molecular formula is C10H10ClN5O. The number of imidazole rings is 1. The van der Waals surface area contributed by atoms with Crippen molar-refractivity contribution in [2.45, 2.75) is 6.42 Å². The minimum atomic E-state index is 0.149. The van der Waals surface area contributed by atoms with Crippen molar-refractivity contribution in [3.05, 3.63) is 35.3 Å². The fourth-order valence-electron chi connectivity index (χ4n) is 1.35. The van der Waals surface area contributed by atoms with E-state index >= 15 is 0 Å². The topological polar surface area (TPSA) is 83.6 Å². The lowest BCUT2D eigenvalue weighted by atomic mass is 10.3. The molecule has 0 aromatic carbocycles. The van der Waals surface area contributed by atoms with Crippen LogP contribution in [0.25, 0.3) is 0 Å². The van der Waals surface area contributed by atoms with Crippen LogP contribution in [0, 0.1) is 0 Å². The van der Waals surface area contributed by atoms with Crippen LogP contribution in [-0.2, 0) is 6.42 Å². The van der Waals surface area contributed by atoms with Crippen LogP contribution in [0.5, 0.6) is 0 Å². The van der Waals surface area contributed by atoms with Gasteiger partial charge in [-0.2, -0.15) is 0 Å². The van der Waals surface area contributed by atoms with Crippen LogP contribution >= 0.6 is 11.6 Å². The summed E-state index contributed by atoms with van der Waals surface area (Å²) in [4.78, 5) is 25.6. The minimum absolute atomic E-state index is 0.149. The number of nitrogens with one attached hydrogen (secondary N) is 2. The maximum Gasteiger partial charge on any atom is 0.156 e. The van der Waals surface area contributed by atoms with E-state index < -0.39 is 0 Å². The van der Waals surface area contributed by atoms with Gasteiger partial charge in [0.2, 0.25) is 0 Å². The van der Waals surface area contributed by atoms with Crippen LogP contribution < -0.4 is 5.32 Å². The third-order valence-electron chi connectivity index (χ3n) is 2.16. The Hall–Kier alpha value is -1.95. The van der Waals surface area contributed by atoms with Crippen molar-refractivity contribution in [1.29, 1.82) is 0 Å². The van der Waals surface area contributed by atoms with E-state index in [1.54, 1.807) is 12.4 Å². The number of aromatic amines is 1. The lowest BCUT2D eigenvalue weighted by Crippen LogP contribution is -2.10. The lowest BCUT2D eigenvalue weighted by molar-refractivity contribution is 0.112. The second-order valence-electron chi connectivity index (χ2n) is 3.26. The first-order chi connectivity index (χ1) is 8.31. The number of nitrogens with zero attached hydrogens (tertiary/aromatic N) is 3. The average Bonchev–Trinajstić information content (AvgIpc) is 2.82. The zero-order valence-electron chi connectivity index (χ0n) is 8.85. The van der Waals surface area contributed by atoms with Crippen molar-refractivity contribution in [3.63, 3.8) is 0 Å². The van der Waals surface area contributed by atoms with E-state index in [1.165, 1.54) is 6.33 Å². The second kappa shape index (κ2) is 5.40. The Kier molecular flexibility index (Phi) is 3.66. The van der Waals surface area contributed by atoms with E-state index in [4.69, 9.17) is 11.6 Å². The van der Waals surface area contributed by atoms with Crippen LogP contribution in [0.15, 0.2) is 18.7 Å². The molecule has 88 valence electrons. The van der Waals surface area contributed by atoms with Gasteiger partial charge in [-0.3, -0.25) is 4.79 Å². The first kappa shape index (κ1) is 11.5. The van der Waals surface area contributed by atoms with Crippen molar-refractivity contribution in [3.8, 4) is 0 Å². The van der Waals surface area contributed by atoms with E-state index in [0.717, 1.165) is 5.82 Å². The molecule has 0 radical (unpaired) electrons. The molecule has 0 unspecified atom stereocenters. The molecule has 0 atom stereocenters. The third-order valence-corrected chi connectivity index (χ3v) is 2.46. The number of anilines is 1. The van der Waals surface area contributed by atoms with Gasteiger partial charge in [0.05, 0.1) is 5.56 Å². The van der Waals surface area contributed by atoms with Crippen LogP contribution in [0.1, 0.15) is 16.2 Å². The number of halogens is 1. The van der Waals surface area contributed by atoms with Crippen LogP contribution in [0.2, 0.25) is 5.15 Å². The van der Waals surface area contributed by atoms with Crippen LogP contribution in [0.3, 0.4) is 0 Å². The quantitative estimate of drug-likeness (QED) is 0.619. The molecule has 0 spiro atoms. The number of aldehydes is 1. The van der Waals surface area contributed by atoms with E-state index in [2.05, 4.69) is 25.3 Å². The number of hydrogen-bond donors (Lipinski definition) is 2. The molecule has 0 saturated heterocycles. The van der Waals surface area contributed by atoms with E-state index in [1.807, 2.05) is 0 Å². The molecule has 0 aliphatic heterocycles. The first-order valence-corrected chi connectivity index (χ1v) is 5.37. The standard InChI is InChI=1S/C10H10ClN5O/c11-9-7(5-17)10(16-6-15-9)14-2-1-8-12-3-4-13-8/h3-6H,1-2H2,(H,12,13)(H,14,15,16). The SMILES string of the molecule is O=Cc1c(Cl)ncnc1NCCc1ncc[nH]1. The Bertz CT molecular complexity index is 499. The maximum absolute atomic E-state index is 10.8. The molecule has 2 aromatic heterocycles.